The van der Waals surface area contributed by atoms with E-state index in [1.807, 2.05) is 0 Å². The second-order valence-electron chi connectivity index (χ2n) is 2.71. The predicted octanol–water partition coefficient (Wildman–Crippen LogP) is 0.320. The Bertz CT molecular complexity index is 325. The van der Waals surface area contributed by atoms with Crippen molar-refractivity contribution in [2.45, 2.75) is 20.3 Å². The number of aryl methyl sites for hydroxylation is 1. The van der Waals surface area contributed by atoms with Gasteiger partial charge in [0.1, 0.15) is 5.78 Å². The maximum Gasteiger partial charge on any atom is 0.335 e. The van der Waals surface area contributed by atoms with Crippen LogP contribution >= 0.6 is 0 Å². The van der Waals surface area contributed by atoms with Crippen LogP contribution in [-0.2, 0) is 11.2 Å². The molecule has 5 heteroatoms. The first-order chi connectivity index (χ1) is 6.13. The molecule has 0 bridgehead atoms. The topological polar surface area (TPSA) is 65.0 Å². The number of methoxy groups -OCH3 is 1. The van der Waals surface area contributed by atoms with Crippen molar-refractivity contribution in [3.63, 3.8) is 0 Å². The summed E-state index contributed by atoms with van der Waals surface area (Å²) in [7, 11) is 1.47. The minimum Gasteiger partial charge on any atom is -0.466 e. The Labute approximate surface area is 76.2 Å². The van der Waals surface area contributed by atoms with E-state index < -0.39 is 0 Å². The molecule has 5 nitrogen and oxygen atoms in total. The second kappa shape index (κ2) is 3.93. The van der Waals surface area contributed by atoms with E-state index in [4.69, 9.17) is 4.74 Å². The summed E-state index contributed by atoms with van der Waals surface area (Å²) < 4.78 is 4.79. The lowest BCUT2D eigenvalue weighted by molar-refractivity contribution is -0.116. The molecule has 0 unspecified atom stereocenters. The Balaban J connectivity index is 2.91. The number of nitrogens with zero attached hydrogens (tertiary/aromatic N) is 3. The third-order valence-corrected chi connectivity index (χ3v) is 1.54. The summed E-state index contributed by atoms with van der Waals surface area (Å²) in [6.45, 7) is 3.28. The molecule has 1 aromatic heterocycles. The van der Waals surface area contributed by atoms with Gasteiger partial charge in [-0.3, -0.25) is 4.79 Å². The molecule has 0 saturated heterocycles. The highest BCUT2D eigenvalue weighted by molar-refractivity contribution is 5.77. The van der Waals surface area contributed by atoms with Crippen LogP contribution < -0.4 is 4.74 Å². The molecular weight excluding hydrogens is 170 g/mol. The third kappa shape index (κ3) is 2.47. The SMILES string of the molecule is COc1nnc(CC(C)=O)c(C)n1. The summed E-state index contributed by atoms with van der Waals surface area (Å²) in [5.41, 5.74) is 1.29. The van der Waals surface area contributed by atoms with Crippen LogP contribution in [0.15, 0.2) is 0 Å². The van der Waals surface area contributed by atoms with E-state index in [9.17, 15) is 4.79 Å². The van der Waals surface area contributed by atoms with Crippen LogP contribution in [0.2, 0.25) is 0 Å². The highest BCUT2D eigenvalue weighted by atomic mass is 16.5. The minimum atomic E-state index is 0.0457. The van der Waals surface area contributed by atoms with Gasteiger partial charge in [0, 0.05) is 0 Å². The molecular formula is C8H11N3O2. The van der Waals surface area contributed by atoms with Crippen LogP contribution in [0.25, 0.3) is 0 Å². The van der Waals surface area contributed by atoms with E-state index in [1.165, 1.54) is 14.0 Å². The number of ketones is 1. The maximum absolute atomic E-state index is 10.8. The first kappa shape index (κ1) is 9.57. The van der Waals surface area contributed by atoms with Crippen molar-refractivity contribution in [2.75, 3.05) is 7.11 Å². The van der Waals surface area contributed by atoms with Gasteiger partial charge in [0.2, 0.25) is 0 Å². The number of carbonyl (C=O) groups is 1. The fraction of sp³-hybridized carbons (Fsp3) is 0.500. The zero-order chi connectivity index (χ0) is 9.84. The first-order valence-electron chi connectivity index (χ1n) is 3.87. The average Bonchev–Trinajstić information content (AvgIpc) is 2.08. The number of hydrogen-bond acceptors (Lipinski definition) is 5. The van der Waals surface area contributed by atoms with Gasteiger partial charge < -0.3 is 4.74 Å². The Morgan fingerprint density at radius 2 is 2.15 bits per heavy atom. The van der Waals surface area contributed by atoms with Gasteiger partial charge in [-0.1, -0.05) is 5.10 Å². The largest absolute Gasteiger partial charge is 0.466 e. The smallest absolute Gasteiger partial charge is 0.335 e. The Kier molecular flexibility index (Phi) is 2.89. The summed E-state index contributed by atoms with van der Waals surface area (Å²) in [6.07, 6.45) is 0.274. The molecule has 0 aliphatic rings. The molecule has 0 aliphatic heterocycles. The van der Waals surface area contributed by atoms with Crippen LogP contribution in [-0.4, -0.2) is 28.1 Å². The molecule has 0 N–H and O–H groups in total. The van der Waals surface area contributed by atoms with Gasteiger partial charge in [-0.05, 0) is 13.8 Å². The number of carbonyl (C=O) groups excluding carboxylic acids is 1. The average molecular weight is 181 g/mol. The summed E-state index contributed by atoms with van der Waals surface area (Å²) >= 11 is 0. The molecule has 0 atom stereocenters. The van der Waals surface area contributed by atoms with Crippen LogP contribution in [0, 0.1) is 6.92 Å². The summed E-state index contributed by atoms with van der Waals surface area (Å²) in [4.78, 5) is 14.8. The highest BCUT2D eigenvalue weighted by Crippen LogP contribution is 2.05. The number of rotatable bonds is 3. The number of hydrogen-bond donors (Lipinski definition) is 0. The quantitative estimate of drug-likeness (QED) is 0.671. The van der Waals surface area contributed by atoms with Gasteiger partial charge in [0.25, 0.3) is 0 Å². The van der Waals surface area contributed by atoms with Crippen molar-refractivity contribution < 1.29 is 9.53 Å². The zero-order valence-corrected chi connectivity index (χ0v) is 7.87. The molecule has 0 saturated carbocycles. The predicted molar refractivity (Wildman–Crippen MR) is 45.5 cm³/mol. The molecule has 1 aromatic rings. The molecule has 0 amide bonds. The lowest BCUT2D eigenvalue weighted by atomic mass is 10.2. The van der Waals surface area contributed by atoms with E-state index in [1.54, 1.807) is 6.92 Å². The monoisotopic (exact) mass is 181 g/mol. The fourth-order valence-electron chi connectivity index (χ4n) is 0.891. The lowest BCUT2D eigenvalue weighted by Crippen LogP contribution is -2.06. The van der Waals surface area contributed by atoms with Crippen molar-refractivity contribution in [3.05, 3.63) is 11.4 Å². The number of Topliss-reactive ketones (excluding diaryl/α,β-unsaturated/α-hetero) is 1. The standard InChI is InChI=1S/C8H11N3O2/c1-5(12)4-7-6(2)9-8(13-3)11-10-7/h4H2,1-3H3. The van der Waals surface area contributed by atoms with E-state index >= 15 is 0 Å². The molecule has 70 valence electrons. The van der Waals surface area contributed by atoms with Crippen LogP contribution in [0.3, 0.4) is 0 Å². The van der Waals surface area contributed by atoms with E-state index in [-0.39, 0.29) is 18.2 Å². The van der Waals surface area contributed by atoms with E-state index in [0.29, 0.717) is 11.4 Å². The molecule has 0 aromatic carbocycles. The zero-order valence-electron chi connectivity index (χ0n) is 7.87. The minimum absolute atomic E-state index is 0.0457. The van der Waals surface area contributed by atoms with Crippen molar-refractivity contribution in [3.8, 4) is 6.01 Å². The number of aromatic nitrogens is 3. The lowest BCUT2D eigenvalue weighted by Gasteiger charge is -2.01. The van der Waals surface area contributed by atoms with Crippen LogP contribution in [0.4, 0.5) is 0 Å². The molecule has 1 heterocycles. The Morgan fingerprint density at radius 1 is 1.46 bits per heavy atom. The van der Waals surface area contributed by atoms with E-state index in [0.717, 1.165) is 0 Å². The van der Waals surface area contributed by atoms with Gasteiger partial charge >= 0.3 is 6.01 Å². The first-order valence-corrected chi connectivity index (χ1v) is 3.87. The van der Waals surface area contributed by atoms with Crippen LogP contribution in [0.1, 0.15) is 18.3 Å². The Hall–Kier alpha value is -1.52. The van der Waals surface area contributed by atoms with Gasteiger partial charge in [0.15, 0.2) is 0 Å². The van der Waals surface area contributed by atoms with E-state index in [2.05, 4.69) is 15.2 Å². The molecule has 0 fully saturated rings. The van der Waals surface area contributed by atoms with Gasteiger partial charge in [-0.2, -0.15) is 4.98 Å². The van der Waals surface area contributed by atoms with Crippen molar-refractivity contribution in [1.29, 1.82) is 0 Å². The maximum atomic E-state index is 10.8. The molecule has 13 heavy (non-hydrogen) atoms. The molecule has 0 aliphatic carbocycles. The molecule has 0 radical (unpaired) electrons. The Morgan fingerprint density at radius 3 is 2.62 bits per heavy atom. The number of ether oxygens (including phenoxy) is 1. The highest BCUT2D eigenvalue weighted by Gasteiger charge is 2.06. The third-order valence-electron chi connectivity index (χ3n) is 1.54. The summed E-state index contributed by atoms with van der Waals surface area (Å²) in [5.74, 6) is 0.0457. The molecule has 0 spiro atoms. The fourth-order valence-corrected chi connectivity index (χ4v) is 0.891. The normalized spacial score (nSPS) is 9.77. The van der Waals surface area contributed by atoms with Gasteiger partial charge in [-0.15, -0.1) is 5.10 Å². The van der Waals surface area contributed by atoms with Gasteiger partial charge in [0.05, 0.1) is 24.9 Å². The van der Waals surface area contributed by atoms with Gasteiger partial charge in [-0.25, -0.2) is 0 Å². The van der Waals surface area contributed by atoms with Crippen molar-refractivity contribution in [1.82, 2.24) is 15.2 Å². The second-order valence-corrected chi connectivity index (χ2v) is 2.71. The van der Waals surface area contributed by atoms with Crippen molar-refractivity contribution in [2.24, 2.45) is 0 Å². The van der Waals surface area contributed by atoms with Crippen molar-refractivity contribution >= 4 is 5.78 Å². The summed E-state index contributed by atoms with van der Waals surface area (Å²) in [5, 5.41) is 7.51. The van der Waals surface area contributed by atoms with Crippen LogP contribution in [0.5, 0.6) is 6.01 Å². The molecule has 1 rings (SSSR count). The summed E-state index contributed by atoms with van der Waals surface area (Å²) in [6, 6.07) is 0.227.